The minimum Gasteiger partial charge on any atom is -0.373 e. The summed E-state index contributed by atoms with van der Waals surface area (Å²) in [4.78, 5) is 17.6. The highest BCUT2D eigenvalue weighted by molar-refractivity contribution is 5.98. The van der Waals surface area contributed by atoms with Crippen LogP contribution in [-0.4, -0.2) is 36.9 Å². The molecule has 1 aliphatic carbocycles. The second-order valence-electron chi connectivity index (χ2n) is 7.64. The fourth-order valence-corrected chi connectivity index (χ4v) is 3.94. The summed E-state index contributed by atoms with van der Waals surface area (Å²) in [6, 6.07) is 10.6. The zero-order valence-electron chi connectivity index (χ0n) is 15.2. The zero-order valence-corrected chi connectivity index (χ0v) is 15.2. The van der Waals surface area contributed by atoms with Gasteiger partial charge in [0.05, 0.1) is 0 Å². The third-order valence-electron chi connectivity index (χ3n) is 5.62. The Labute approximate surface area is 146 Å². The molecule has 0 aromatic heterocycles. The quantitative estimate of drug-likeness (QED) is 0.786. The summed E-state index contributed by atoms with van der Waals surface area (Å²) < 4.78 is 0. The molecule has 0 N–H and O–H groups in total. The van der Waals surface area contributed by atoms with E-state index in [0.29, 0.717) is 17.6 Å². The number of allylic oxidation sites excluding steroid dienone is 1. The summed E-state index contributed by atoms with van der Waals surface area (Å²) in [6.45, 7) is 10.6. The Bertz CT molecular complexity index is 585. The third-order valence-corrected chi connectivity index (χ3v) is 5.62. The van der Waals surface area contributed by atoms with E-state index in [2.05, 4.69) is 67.1 Å². The molecule has 0 bridgehead atoms. The lowest BCUT2D eigenvalue weighted by Crippen LogP contribution is -2.44. The van der Waals surface area contributed by atoms with E-state index in [1.807, 2.05) is 0 Å². The number of hydrogen-bond acceptors (Lipinski definition) is 3. The molecule has 24 heavy (non-hydrogen) atoms. The van der Waals surface area contributed by atoms with E-state index >= 15 is 0 Å². The Morgan fingerprint density at radius 3 is 2.33 bits per heavy atom. The second-order valence-corrected chi connectivity index (χ2v) is 7.64. The Hall–Kier alpha value is -1.77. The molecule has 1 aromatic carbocycles. The number of rotatable bonds is 3. The van der Waals surface area contributed by atoms with E-state index < -0.39 is 0 Å². The summed E-state index contributed by atoms with van der Waals surface area (Å²) >= 11 is 0. The predicted molar refractivity (Wildman–Crippen MR) is 100 cm³/mol. The van der Waals surface area contributed by atoms with Gasteiger partial charge < -0.3 is 9.80 Å². The van der Waals surface area contributed by atoms with Crippen LogP contribution in [0.1, 0.15) is 33.6 Å². The molecule has 3 nitrogen and oxygen atoms in total. The Morgan fingerprint density at radius 2 is 1.71 bits per heavy atom. The van der Waals surface area contributed by atoms with Crippen molar-refractivity contribution < 1.29 is 4.79 Å². The molecule has 0 spiro atoms. The molecular weight excluding hydrogens is 296 g/mol. The first-order valence-electron chi connectivity index (χ1n) is 9.36. The van der Waals surface area contributed by atoms with Crippen molar-refractivity contribution in [2.24, 2.45) is 17.8 Å². The van der Waals surface area contributed by atoms with Crippen LogP contribution in [0.15, 0.2) is 42.1 Å². The van der Waals surface area contributed by atoms with E-state index in [0.717, 1.165) is 44.6 Å². The summed E-state index contributed by atoms with van der Waals surface area (Å²) in [5.41, 5.74) is 2.36. The Balaban J connectivity index is 1.65. The largest absolute Gasteiger partial charge is 0.373 e. The molecular formula is C21H30N2O. The molecule has 0 radical (unpaired) electrons. The van der Waals surface area contributed by atoms with Gasteiger partial charge in [-0.2, -0.15) is 0 Å². The van der Waals surface area contributed by atoms with Gasteiger partial charge in [0.2, 0.25) is 0 Å². The normalized spacial score (nSPS) is 27.2. The van der Waals surface area contributed by atoms with Gasteiger partial charge in [0.15, 0.2) is 5.78 Å². The van der Waals surface area contributed by atoms with Crippen LogP contribution in [0.25, 0.3) is 0 Å². The van der Waals surface area contributed by atoms with E-state index in [1.165, 1.54) is 5.69 Å². The number of para-hydroxylation sites is 1. The maximum Gasteiger partial charge on any atom is 0.163 e. The number of hydrogen-bond donors (Lipinski definition) is 0. The number of Topliss-reactive ketones (excluding diaryl/α,β-unsaturated/α-hetero) is 1. The van der Waals surface area contributed by atoms with Gasteiger partial charge in [0.1, 0.15) is 0 Å². The molecule has 3 heteroatoms. The van der Waals surface area contributed by atoms with Gasteiger partial charge in [-0.15, -0.1) is 0 Å². The van der Waals surface area contributed by atoms with Crippen molar-refractivity contribution in [3.63, 3.8) is 0 Å². The van der Waals surface area contributed by atoms with Crippen molar-refractivity contribution >= 4 is 11.5 Å². The second kappa shape index (κ2) is 7.42. The van der Waals surface area contributed by atoms with Crippen LogP contribution in [-0.2, 0) is 4.79 Å². The summed E-state index contributed by atoms with van der Waals surface area (Å²) in [5.74, 6) is 1.47. The molecule has 0 amide bonds. The summed E-state index contributed by atoms with van der Waals surface area (Å²) in [6.07, 6.45) is 4.38. The molecule has 1 saturated carbocycles. The van der Waals surface area contributed by atoms with E-state index in [4.69, 9.17) is 0 Å². The number of carbonyl (C=O) groups is 1. The number of piperazine rings is 1. The summed E-state index contributed by atoms with van der Waals surface area (Å²) in [5, 5.41) is 0. The van der Waals surface area contributed by atoms with E-state index in [9.17, 15) is 4.79 Å². The average molecular weight is 326 g/mol. The fraction of sp³-hybridized carbons (Fsp3) is 0.571. The first-order chi connectivity index (χ1) is 11.6. The maximum absolute atomic E-state index is 12.8. The Kier molecular flexibility index (Phi) is 5.27. The minimum absolute atomic E-state index is 0.220. The fourth-order valence-electron chi connectivity index (χ4n) is 3.94. The summed E-state index contributed by atoms with van der Waals surface area (Å²) in [7, 11) is 0. The first-order valence-corrected chi connectivity index (χ1v) is 9.36. The molecule has 3 rings (SSSR count). The van der Waals surface area contributed by atoms with Crippen LogP contribution in [0.4, 0.5) is 5.69 Å². The number of carbonyl (C=O) groups excluding carboxylic acids is 1. The third kappa shape index (κ3) is 3.66. The van der Waals surface area contributed by atoms with E-state index in [-0.39, 0.29) is 5.92 Å². The minimum atomic E-state index is 0.220. The lowest BCUT2D eigenvalue weighted by Gasteiger charge is -2.37. The van der Waals surface area contributed by atoms with Crippen molar-refractivity contribution in [1.29, 1.82) is 0 Å². The highest BCUT2D eigenvalue weighted by Crippen LogP contribution is 2.34. The van der Waals surface area contributed by atoms with Gasteiger partial charge >= 0.3 is 0 Å². The van der Waals surface area contributed by atoms with Gasteiger partial charge in [-0.05, 0) is 36.8 Å². The molecule has 0 unspecified atom stereocenters. The van der Waals surface area contributed by atoms with Crippen LogP contribution < -0.4 is 4.90 Å². The van der Waals surface area contributed by atoms with Crippen molar-refractivity contribution in [1.82, 2.24) is 4.90 Å². The van der Waals surface area contributed by atoms with Gasteiger partial charge in [0, 0.05) is 49.6 Å². The van der Waals surface area contributed by atoms with Gasteiger partial charge in [-0.3, -0.25) is 4.79 Å². The lowest BCUT2D eigenvalue weighted by molar-refractivity contribution is -0.122. The number of ketones is 1. The lowest BCUT2D eigenvalue weighted by atomic mass is 9.74. The number of benzene rings is 1. The molecule has 1 aromatic rings. The SMILES string of the molecule is CC(C)[C@@H]1CC[C@H](C)/C(=C\N2CCN(c3ccccc3)CC2)C1=O. The highest BCUT2D eigenvalue weighted by Gasteiger charge is 2.33. The van der Waals surface area contributed by atoms with Crippen molar-refractivity contribution in [3.8, 4) is 0 Å². The molecule has 1 saturated heterocycles. The van der Waals surface area contributed by atoms with Gasteiger partial charge in [-0.25, -0.2) is 0 Å². The standard InChI is InChI=1S/C21H30N2O/c1-16(2)19-10-9-17(3)20(21(19)24)15-22-11-13-23(14-12-22)18-7-5-4-6-8-18/h4-8,15-17,19H,9-14H2,1-3H3/b20-15+/t17-,19-/m0/s1. The molecule has 1 aliphatic heterocycles. The number of nitrogens with zero attached hydrogens (tertiary/aromatic N) is 2. The van der Waals surface area contributed by atoms with Crippen LogP contribution in [0, 0.1) is 17.8 Å². The van der Waals surface area contributed by atoms with Crippen LogP contribution in [0.5, 0.6) is 0 Å². The maximum atomic E-state index is 12.8. The molecule has 2 fully saturated rings. The van der Waals surface area contributed by atoms with E-state index in [1.54, 1.807) is 0 Å². The van der Waals surface area contributed by atoms with Crippen LogP contribution in [0.2, 0.25) is 0 Å². The first kappa shape index (κ1) is 17.1. The van der Waals surface area contributed by atoms with Gasteiger partial charge in [0.25, 0.3) is 0 Å². The Morgan fingerprint density at radius 1 is 1.04 bits per heavy atom. The van der Waals surface area contributed by atoms with Crippen LogP contribution >= 0.6 is 0 Å². The topological polar surface area (TPSA) is 23.6 Å². The smallest absolute Gasteiger partial charge is 0.163 e. The zero-order chi connectivity index (χ0) is 17.1. The number of anilines is 1. The van der Waals surface area contributed by atoms with Crippen molar-refractivity contribution in [3.05, 3.63) is 42.1 Å². The van der Waals surface area contributed by atoms with Crippen molar-refractivity contribution in [2.75, 3.05) is 31.1 Å². The average Bonchev–Trinajstić information content (AvgIpc) is 2.59. The molecule has 2 atom stereocenters. The van der Waals surface area contributed by atoms with Crippen LogP contribution in [0.3, 0.4) is 0 Å². The molecule has 1 heterocycles. The highest BCUT2D eigenvalue weighted by atomic mass is 16.1. The predicted octanol–water partition coefficient (Wildman–Crippen LogP) is 3.96. The molecule has 2 aliphatic rings. The molecule has 130 valence electrons. The van der Waals surface area contributed by atoms with Crippen molar-refractivity contribution in [2.45, 2.75) is 33.6 Å². The monoisotopic (exact) mass is 326 g/mol. The van der Waals surface area contributed by atoms with Gasteiger partial charge in [-0.1, -0.05) is 39.0 Å².